The smallest absolute Gasteiger partial charge is 0.303 e. The zero-order chi connectivity index (χ0) is 13.4. The summed E-state index contributed by atoms with van der Waals surface area (Å²) in [6.45, 7) is 6.01. The second-order valence-corrected chi connectivity index (χ2v) is 4.41. The van der Waals surface area contributed by atoms with Gasteiger partial charge in [0.05, 0.1) is 6.61 Å². The molecule has 4 nitrogen and oxygen atoms in total. The Morgan fingerprint density at radius 3 is 2.61 bits per heavy atom. The van der Waals surface area contributed by atoms with Crippen LogP contribution in [0.5, 0.6) is 5.75 Å². The monoisotopic (exact) mass is 251 g/mol. The van der Waals surface area contributed by atoms with Crippen LogP contribution in [-0.2, 0) is 11.3 Å². The fourth-order valence-corrected chi connectivity index (χ4v) is 1.70. The van der Waals surface area contributed by atoms with Gasteiger partial charge in [-0.2, -0.15) is 0 Å². The highest BCUT2D eigenvalue weighted by atomic mass is 16.5. The summed E-state index contributed by atoms with van der Waals surface area (Å²) < 4.78 is 5.36. The standard InChI is InChI=1S/C14H21NO3/c1-3-18-13-6-4-12(5-7-13)10-15-9-11(2)8-14(16)17/h4-7,11,15H,3,8-10H2,1-2H3,(H,16,17). The molecule has 0 saturated heterocycles. The van der Waals surface area contributed by atoms with Crippen LogP contribution >= 0.6 is 0 Å². The molecule has 0 aromatic heterocycles. The molecule has 0 aliphatic heterocycles. The van der Waals surface area contributed by atoms with Crippen molar-refractivity contribution in [3.05, 3.63) is 29.8 Å². The van der Waals surface area contributed by atoms with Crippen molar-refractivity contribution in [3.8, 4) is 5.75 Å². The highest BCUT2D eigenvalue weighted by Crippen LogP contribution is 2.12. The summed E-state index contributed by atoms with van der Waals surface area (Å²) in [6.07, 6.45) is 0.205. The van der Waals surface area contributed by atoms with Crippen LogP contribution in [0.2, 0.25) is 0 Å². The molecule has 1 aromatic carbocycles. The van der Waals surface area contributed by atoms with Gasteiger partial charge in [-0.3, -0.25) is 4.79 Å². The normalized spacial score (nSPS) is 12.1. The van der Waals surface area contributed by atoms with Crippen molar-refractivity contribution in [2.45, 2.75) is 26.8 Å². The number of aliphatic carboxylic acids is 1. The van der Waals surface area contributed by atoms with Crippen molar-refractivity contribution in [2.24, 2.45) is 5.92 Å². The average molecular weight is 251 g/mol. The highest BCUT2D eigenvalue weighted by Gasteiger charge is 2.06. The Morgan fingerprint density at radius 1 is 1.39 bits per heavy atom. The van der Waals surface area contributed by atoms with Gasteiger partial charge in [0, 0.05) is 13.0 Å². The maximum absolute atomic E-state index is 10.5. The lowest BCUT2D eigenvalue weighted by atomic mass is 10.1. The van der Waals surface area contributed by atoms with Gasteiger partial charge >= 0.3 is 5.97 Å². The zero-order valence-corrected chi connectivity index (χ0v) is 11.0. The number of hydrogen-bond donors (Lipinski definition) is 2. The van der Waals surface area contributed by atoms with Gasteiger partial charge in [0.1, 0.15) is 5.75 Å². The molecule has 1 aromatic rings. The van der Waals surface area contributed by atoms with Crippen molar-refractivity contribution in [1.29, 1.82) is 0 Å². The van der Waals surface area contributed by atoms with E-state index in [-0.39, 0.29) is 12.3 Å². The Hall–Kier alpha value is -1.55. The van der Waals surface area contributed by atoms with Crippen LogP contribution in [0.4, 0.5) is 0 Å². The first-order valence-corrected chi connectivity index (χ1v) is 6.26. The molecule has 1 atom stereocenters. The Bertz CT molecular complexity index is 362. The SMILES string of the molecule is CCOc1ccc(CNCC(C)CC(=O)O)cc1. The van der Waals surface area contributed by atoms with E-state index < -0.39 is 5.97 Å². The minimum Gasteiger partial charge on any atom is -0.494 e. The number of rotatable bonds is 8. The fraction of sp³-hybridized carbons (Fsp3) is 0.500. The lowest BCUT2D eigenvalue weighted by molar-refractivity contribution is -0.137. The molecule has 0 spiro atoms. The molecule has 0 saturated carbocycles. The maximum Gasteiger partial charge on any atom is 0.303 e. The van der Waals surface area contributed by atoms with Gasteiger partial charge in [-0.15, -0.1) is 0 Å². The molecule has 100 valence electrons. The van der Waals surface area contributed by atoms with Crippen LogP contribution in [-0.4, -0.2) is 24.2 Å². The number of ether oxygens (including phenoxy) is 1. The predicted octanol–water partition coefficient (Wildman–Crippen LogP) is 2.29. The van der Waals surface area contributed by atoms with E-state index in [9.17, 15) is 4.79 Å². The van der Waals surface area contributed by atoms with E-state index in [4.69, 9.17) is 9.84 Å². The van der Waals surface area contributed by atoms with E-state index in [1.807, 2.05) is 38.1 Å². The van der Waals surface area contributed by atoms with Crippen LogP contribution in [0.3, 0.4) is 0 Å². The van der Waals surface area contributed by atoms with Gasteiger partial charge < -0.3 is 15.2 Å². The van der Waals surface area contributed by atoms with Crippen LogP contribution < -0.4 is 10.1 Å². The van der Waals surface area contributed by atoms with E-state index in [1.165, 1.54) is 5.56 Å². The summed E-state index contributed by atoms with van der Waals surface area (Å²) in [4.78, 5) is 10.5. The third-order valence-electron chi connectivity index (χ3n) is 2.58. The number of nitrogens with one attached hydrogen (secondary N) is 1. The summed E-state index contributed by atoms with van der Waals surface area (Å²) >= 11 is 0. The lowest BCUT2D eigenvalue weighted by Gasteiger charge is -2.10. The van der Waals surface area contributed by atoms with Crippen molar-refractivity contribution in [3.63, 3.8) is 0 Å². The number of hydrogen-bond acceptors (Lipinski definition) is 3. The summed E-state index contributed by atoms with van der Waals surface area (Å²) in [7, 11) is 0. The molecular weight excluding hydrogens is 230 g/mol. The van der Waals surface area contributed by atoms with E-state index >= 15 is 0 Å². The van der Waals surface area contributed by atoms with Crippen molar-refractivity contribution >= 4 is 5.97 Å². The van der Waals surface area contributed by atoms with Crippen molar-refractivity contribution in [2.75, 3.05) is 13.2 Å². The number of carbonyl (C=O) groups is 1. The molecule has 0 aliphatic carbocycles. The van der Waals surface area contributed by atoms with Gasteiger partial charge in [-0.25, -0.2) is 0 Å². The largest absolute Gasteiger partial charge is 0.494 e. The molecular formula is C14H21NO3. The first-order valence-electron chi connectivity index (χ1n) is 6.26. The molecule has 0 amide bonds. The summed E-state index contributed by atoms with van der Waals surface area (Å²) in [5.74, 6) is 0.274. The van der Waals surface area contributed by atoms with Crippen molar-refractivity contribution < 1.29 is 14.6 Å². The third-order valence-corrected chi connectivity index (χ3v) is 2.58. The first-order chi connectivity index (χ1) is 8.61. The quantitative estimate of drug-likeness (QED) is 0.744. The van der Waals surface area contributed by atoms with Gasteiger partial charge in [-0.1, -0.05) is 19.1 Å². The molecule has 2 N–H and O–H groups in total. The van der Waals surface area contributed by atoms with Crippen LogP contribution in [0.1, 0.15) is 25.8 Å². The minimum atomic E-state index is -0.745. The van der Waals surface area contributed by atoms with Gasteiger partial charge in [0.2, 0.25) is 0 Å². The average Bonchev–Trinajstić information content (AvgIpc) is 2.31. The Balaban J connectivity index is 2.28. The van der Waals surface area contributed by atoms with Crippen LogP contribution in [0.15, 0.2) is 24.3 Å². The van der Waals surface area contributed by atoms with E-state index in [1.54, 1.807) is 0 Å². The predicted molar refractivity (Wildman–Crippen MR) is 70.7 cm³/mol. The molecule has 1 rings (SSSR count). The van der Waals surface area contributed by atoms with Gasteiger partial charge in [0.15, 0.2) is 0 Å². The molecule has 4 heteroatoms. The molecule has 0 radical (unpaired) electrons. The van der Waals surface area contributed by atoms with Crippen LogP contribution in [0, 0.1) is 5.92 Å². The second kappa shape index (κ2) is 7.71. The summed E-state index contributed by atoms with van der Waals surface area (Å²) in [5.41, 5.74) is 1.17. The lowest BCUT2D eigenvalue weighted by Crippen LogP contribution is -2.22. The number of carboxylic acids is 1. The van der Waals surface area contributed by atoms with E-state index in [2.05, 4.69) is 5.32 Å². The van der Waals surface area contributed by atoms with Gasteiger partial charge in [0.25, 0.3) is 0 Å². The molecule has 0 bridgehead atoms. The molecule has 1 unspecified atom stereocenters. The maximum atomic E-state index is 10.5. The highest BCUT2D eigenvalue weighted by molar-refractivity contribution is 5.66. The summed E-state index contributed by atoms with van der Waals surface area (Å²) in [6, 6.07) is 7.92. The second-order valence-electron chi connectivity index (χ2n) is 4.41. The van der Waals surface area contributed by atoms with E-state index in [0.29, 0.717) is 13.2 Å². The molecule has 0 aliphatic rings. The number of carboxylic acid groups (broad SMARTS) is 1. The van der Waals surface area contributed by atoms with Gasteiger partial charge in [-0.05, 0) is 37.1 Å². The zero-order valence-electron chi connectivity index (χ0n) is 11.0. The van der Waals surface area contributed by atoms with E-state index in [0.717, 1.165) is 12.3 Å². The Kier molecular flexibility index (Phi) is 6.22. The van der Waals surface area contributed by atoms with Crippen LogP contribution in [0.25, 0.3) is 0 Å². The topological polar surface area (TPSA) is 58.6 Å². The number of benzene rings is 1. The molecule has 0 fully saturated rings. The Morgan fingerprint density at radius 2 is 2.06 bits per heavy atom. The fourth-order valence-electron chi connectivity index (χ4n) is 1.70. The first kappa shape index (κ1) is 14.5. The molecule has 0 heterocycles. The minimum absolute atomic E-state index is 0.144. The third kappa shape index (κ3) is 5.68. The molecule has 18 heavy (non-hydrogen) atoms. The van der Waals surface area contributed by atoms with Crippen molar-refractivity contribution in [1.82, 2.24) is 5.32 Å². The Labute approximate surface area is 108 Å². The summed E-state index contributed by atoms with van der Waals surface area (Å²) in [5, 5.41) is 11.9.